The lowest BCUT2D eigenvalue weighted by Crippen LogP contribution is -2.51. The highest BCUT2D eigenvalue weighted by Crippen LogP contribution is 2.21. The molecule has 1 unspecified atom stereocenters. The number of hydrogen-bond donors (Lipinski definition) is 1. The molecule has 0 aromatic heterocycles. The molecule has 2 aliphatic heterocycles. The summed E-state index contributed by atoms with van der Waals surface area (Å²) in [6, 6.07) is 7.67. The lowest BCUT2D eigenvalue weighted by molar-refractivity contribution is -0.134. The van der Waals surface area contributed by atoms with E-state index in [1.807, 2.05) is 12.1 Å². The maximum absolute atomic E-state index is 12.6. The van der Waals surface area contributed by atoms with Gasteiger partial charge in [0.2, 0.25) is 5.91 Å². The minimum atomic E-state index is -2.97. The van der Waals surface area contributed by atoms with Crippen LogP contribution in [0.25, 0.3) is 0 Å². The molecule has 1 aromatic carbocycles. The Morgan fingerprint density at radius 3 is 2.67 bits per heavy atom. The van der Waals surface area contributed by atoms with Crippen LogP contribution in [-0.2, 0) is 27.6 Å². The van der Waals surface area contributed by atoms with Crippen LogP contribution in [0.1, 0.15) is 17.5 Å². The highest BCUT2D eigenvalue weighted by atomic mass is 32.2. The number of carbonyl (C=O) groups excluding carboxylic acids is 1. The van der Waals surface area contributed by atoms with E-state index in [-0.39, 0.29) is 29.5 Å². The van der Waals surface area contributed by atoms with E-state index in [2.05, 4.69) is 17.4 Å². The minimum Gasteiger partial charge on any atom is -0.340 e. The minimum absolute atomic E-state index is 0.00777. The number of amides is 1. The Balaban J connectivity index is 1.69. The second-order valence-electron chi connectivity index (χ2n) is 5.91. The van der Waals surface area contributed by atoms with Crippen molar-refractivity contribution in [2.45, 2.75) is 31.5 Å². The molecule has 2 atom stereocenters. The van der Waals surface area contributed by atoms with E-state index in [9.17, 15) is 13.2 Å². The first-order chi connectivity index (χ1) is 9.96. The fraction of sp³-hybridized carbons (Fsp3) is 0.533. The quantitative estimate of drug-likeness (QED) is 0.856. The highest BCUT2D eigenvalue weighted by Gasteiger charge is 2.35. The number of benzene rings is 1. The molecular weight excluding hydrogens is 288 g/mol. The van der Waals surface area contributed by atoms with Gasteiger partial charge in [-0.05, 0) is 24.0 Å². The molecule has 21 heavy (non-hydrogen) atoms. The molecule has 0 aliphatic carbocycles. The van der Waals surface area contributed by atoms with Gasteiger partial charge in [-0.1, -0.05) is 24.3 Å². The van der Waals surface area contributed by atoms with E-state index in [1.165, 1.54) is 11.1 Å². The number of sulfone groups is 1. The van der Waals surface area contributed by atoms with Crippen LogP contribution in [0, 0.1) is 0 Å². The summed E-state index contributed by atoms with van der Waals surface area (Å²) in [6.07, 6.45) is 1.21. The van der Waals surface area contributed by atoms with Crippen LogP contribution in [0.2, 0.25) is 0 Å². The third-order valence-corrected chi connectivity index (χ3v) is 6.23. The Kier molecular flexibility index (Phi) is 3.75. The Morgan fingerprint density at radius 2 is 2.00 bits per heavy atom. The maximum atomic E-state index is 12.6. The summed E-state index contributed by atoms with van der Waals surface area (Å²) in [6.45, 7) is 0.684. The summed E-state index contributed by atoms with van der Waals surface area (Å²) in [5.74, 6) is 0.279. The van der Waals surface area contributed by atoms with Gasteiger partial charge in [-0.15, -0.1) is 0 Å². The molecule has 0 spiro atoms. The van der Waals surface area contributed by atoms with Gasteiger partial charge in [0.15, 0.2) is 9.84 Å². The first-order valence-corrected chi connectivity index (χ1v) is 9.06. The molecule has 1 saturated heterocycles. The zero-order chi connectivity index (χ0) is 15.0. The van der Waals surface area contributed by atoms with E-state index in [4.69, 9.17) is 0 Å². The van der Waals surface area contributed by atoms with E-state index in [0.717, 1.165) is 0 Å². The predicted octanol–water partition coefficient (Wildman–Crippen LogP) is 0.346. The number of nitrogens with one attached hydrogen (secondary N) is 1. The number of hydrogen-bond acceptors (Lipinski definition) is 4. The van der Waals surface area contributed by atoms with Crippen LogP contribution < -0.4 is 5.32 Å². The molecule has 0 radical (unpaired) electrons. The Hall–Kier alpha value is -1.40. The van der Waals surface area contributed by atoms with Crippen molar-refractivity contribution in [2.24, 2.45) is 0 Å². The summed E-state index contributed by atoms with van der Waals surface area (Å²) in [5, 5.41) is 3.26. The third-order valence-electron chi connectivity index (χ3n) is 4.48. The van der Waals surface area contributed by atoms with Crippen molar-refractivity contribution >= 4 is 15.7 Å². The first kappa shape index (κ1) is 14.5. The monoisotopic (exact) mass is 308 g/mol. The Morgan fingerprint density at radius 1 is 1.29 bits per heavy atom. The van der Waals surface area contributed by atoms with Gasteiger partial charge in [0.1, 0.15) is 0 Å². The first-order valence-electron chi connectivity index (χ1n) is 7.23. The van der Waals surface area contributed by atoms with Crippen molar-refractivity contribution in [3.63, 3.8) is 0 Å². The second kappa shape index (κ2) is 5.42. The van der Waals surface area contributed by atoms with Crippen LogP contribution in [-0.4, -0.2) is 49.9 Å². The SMILES string of the molecule is CN(C(=O)[C@@H]1Cc2ccccc2CN1)C1CCS(=O)(=O)C1. The largest absolute Gasteiger partial charge is 0.340 e. The highest BCUT2D eigenvalue weighted by molar-refractivity contribution is 7.91. The van der Waals surface area contributed by atoms with Crippen LogP contribution in [0.5, 0.6) is 0 Å². The molecule has 2 aliphatic rings. The molecule has 1 amide bonds. The lowest BCUT2D eigenvalue weighted by atomic mass is 9.95. The molecule has 5 nitrogen and oxygen atoms in total. The molecule has 0 saturated carbocycles. The Bertz CT molecular complexity index is 657. The molecule has 3 rings (SSSR count). The maximum Gasteiger partial charge on any atom is 0.240 e. The molecule has 1 N–H and O–H groups in total. The molecule has 2 heterocycles. The summed E-state index contributed by atoms with van der Waals surface area (Å²) in [7, 11) is -1.25. The van der Waals surface area contributed by atoms with E-state index in [0.29, 0.717) is 19.4 Å². The van der Waals surface area contributed by atoms with Gasteiger partial charge in [-0.3, -0.25) is 4.79 Å². The van der Waals surface area contributed by atoms with Crippen LogP contribution in [0.15, 0.2) is 24.3 Å². The number of fused-ring (bicyclic) bond motifs is 1. The smallest absolute Gasteiger partial charge is 0.240 e. The van der Waals surface area contributed by atoms with Gasteiger partial charge in [0, 0.05) is 19.6 Å². The summed E-state index contributed by atoms with van der Waals surface area (Å²) in [5.41, 5.74) is 2.43. The van der Waals surface area contributed by atoms with Crippen molar-refractivity contribution in [2.75, 3.05) is 18.6 Å². The number of likely N-dealkylation sites (N-methyl/N-ethyl adjacent to an activating group) is 1. The van der Waals surface area contributed by atoms with Crippen molar-refractivity contribution < 1.29 is 13.2 Å². The molecule has 0 bridgehead atoms. The van der Waals surface area contributed by atoms with Crippen molar-refractivity contribution in [1.82, 2.24) is 10.2 Å². The van der Waals surface area contributed by atoms with Crippen LogP contribution in [0.3, 0.4) is 0 Å². The average Bonchev–Trinajstić information content (AvgIpc) is 2.85. The normalized spacial score (nSPS) is 27.1. The van der Waals surface area contributed by atoms with Gasteiger partial charge in [-0.25, -0.2) is 8.42 Å². The molecule has 1 fully saturated rings. The van der Waals surface area contributed by atoms with Gasteiger partial charge >= 0.3 is 0 Å². The van der Waals surface area contributed by atoms with E-state index >= 15 is 0 Å². The van der Waals surface area contributed by atoms with Crippen LogP contribution >= 0.6 is 0 Å². The predicted molar refractivity (Wildman–Crippen MR) is 80.6 cm³/mol. The topological polar surface area (TPSA) is 66.5 Å². The third kappa shape index (κ3) is 2.96. The number of rotatable bonds is 2. The lowest BCUT2D eigenvalue weighted by Gasteiger charge is -2.31. The van der Waals surface area contributed by atoms with Crippen molar-refractivity contribution in [1.29, 1.82) is 0 Å². The number of nitrogens with zero attached hydrogens (tertiary/aromatic N) is 1. The van der Waals surface area contributed by atoms with E-state index < -0.39 is 9.84 Å². The molecule has 1 aromatic rings. The van der Waals surface area contributed by atoms with Gasteiger partial charge < -0.3 is 10.2 Å². The van der Waals surface area contributed by atoms with Crippen molar-refractivity contribution in [3.8, 4) is 0 Å². The molecule has 6 heteroatoms. The average molecular weight is 308 g/mol. The summed E-state index contributed by atoms with van der Waals surface area (Å²) < 4.78 is 23.1. The van der Waals surface area contributed by atoms with Crippen molar-refractivity contribution in [3.05, 3.63) is 35.4 Å². The fourth-order valence-corrected chi connectivity index (χ4v) is 4.91. The number of carbonyl (C=O) groups is 1. The summed E-state index contributed by atoms with van der Waals surface area (Å²) in [4.78, 5) is 14.2. The second-order valence-corrected chi connectivity index (χ2v) is 8.14. The fourth-order valence-electron chi connectivity index (χ4n) is 3.14. The van der Waals surface area contributed by atoms with Gasteiger partial charge in [-0.2, -0.15) is 0 Å². The van der Waals surface area contributed by atoms with Crippen LogP contribution in [0.4, 0.5) is 0 Å². The van der Waals surface area contributed by atoms with E-state index in [1.54, 1.807) is 11.9 Å². The standard InChI is InChI=1S/C15H20N2O3S/c1-17(13-6-7-21(19,20)10-13)15(18)14-8-11-4-2-3-5-12(11)9-16-14/h2-5,13-14,16H,6-10H2,1H3/t13?,14-/m0/s1. The zero-order valence-electron chi connectivity index (χ0n) is 12.1. The molecular formula is C15H20N2O3S. The zero-order valence-corrected chi connectivity index (χ0v) is 12.9. The summed E-state index contributed by atoms with van der Waals surface area (Å²) >= 11 is 0. The molecule has 114 valence electrons. The van der Waals surface area contributed by atoms with Gasteiger partial charge in [0.25, 0.3) is 0 Å². The Labute approximate surface area is 125 Å². The van der Waals surface area contributed by atoms with Gasteiger partial charge in [0.05, 0.1) is 17.5 Å².